The van der Waals surface area contributed by atoms with Crippen LogP contribution in [0.2, 0.25) is 0 Å². The molecule has 0 radical (unpaired) electrons. The highest BCUT2D eigenvalue weighted by Gasteiger charge is 2.12. The van der Waals surface area contributed by atoms with Crippen molar-refractivity contribution in [3.8, 4) is 5.69 Å². The van der Waals surface area contributed by atoms with Crippen molar-refractivity contribution in [1.82, 2.24) is 9.99 Å². The van der Waals surface area contributed by atoms with Gasteiger partial charge in [0.1, 0.15) is 5.58 Å². The molecule has 2 aromatic carbocycles. The van der Waals surface area contributed by atoms with Crippen molar-refractivity contribution < 1.29 is 9.21 Å². The normalized spacial score (nSPS) is 11.4. The molecular weight excluding hydrogens is 350 g/mol. The molecule has 4 rings (SSSR count). The first kappa shape index (κ1) is 17.8. The van der Waals surface area contributed by atoms with Crippen molar-refractivity contribution in [2.24, 2.45) is 5.10 Å². The van der Waals surface area contributed by atoms with Crippen LogP contribution in [0.25, 0.3) is 16.7 Å². The number of benzene rings is 2. The molecule has 5 heteroatoms. The summed E-state index contributed by atoms with van der Waals surface area (Å²) in [6.45, 7) is 6.16. The van der Waals surface area contributed by atoms with E-state index in [1.54, 1.807) is 12.3 Å². The Morgan fingerprint density at radius 2 is 1.79 bits per heavy atom. The number of nitrogens with one attached hydrogen (secondary N) is 1. The molecule has 0 aliphatic heterocycles. The highest BCUT2D eigenvalue weighted by Crippen LogP contribution is 2.20. The number of carbonyl (C=O) groups excluding carboxylic acids is 1. The number of amides is 1. The van der Waals surface area contributed by atoms with E-state index in [2.05, 4.69) is 53.2 Å². The molecule has 0 bridgehead atoms. The van der Waals surface area contributed by atoms with Crippen molar-refractivity contribution in [2.45, 2.75) is 20.8 Å². The Balaban J connectivity index is 1.52. The van der Waals surface area contributed by atoms with E-state index in [4.69, 9.17) is 4.42 Å². The van der Waals surface area contributed by atoms with E-state index in [1.165, 1.54) is 5.56 Å². The lowest BCUT2D eigenvalue weighted by atomic mass is 10.2. The number of aromatic nitrogens is 1. The maximum absolute atomic E-state index is 12.3. The van der Waals surface area contributed by atoms with Gasteiger partial charge in [0.05, 0.1) is 6.21 Å². The van der Waals surface area contributed by atoms with Crippen LogP contribution in [-0.4, -0.2) is 16.7 Å². The van der Waals surface area contributed by atoms with Gasteiger partial charge in [-0.05, 0) is 51.1 Å². The Hall–Kier alpha value is -3.60. The molecule has 1 amide bonds. The summed E-state index contributed by atoms with van der Waals surface area (Å²) < 4.78 is 7.73. The third-order valence-electron chi connectivity index (χ3n) is 4.78. The van der Waals surface area contributed by atoms with E-state index >= 15 is 0 Å². The fourth-order valence-electron chi connectivity index (χ4n) is 3.32. The fraction of sp³-hybridized carbons (Fsp3) is 0.130. The van der Waals surface area contributed by atoms with Crippen molar-refractivity contribution in [3.05, 3.63) is 88.9 Å². The number of para-hydroxylation sites is 1. The molecule has 0 atom stereocenters. The van der Waals surface area contributed by atoms with Gasteiger partial charge in [-0.25, -0.2) is 5.43 Å². The number of aryl methyl sites for hydroxylation is 2. The van der Waals surface area contributed by atoms with E-state index in [0.29, 0.717) is 5.58 Å². The monoisotopic (exact) mass is 371 g/mol. The molecule has 0 aliphatic carbocycles. The zero-order chi connectivity index (χ0) is 19.7. The maximum atomic E-state index is 12.3. The van der Waals surface area contributed by atoms with Crippen molar-refractivity contribution >= 4 is 23.1 Å². The highest BCUT2D eigenvalue weighted by atomic mass is 16.3. The Morgan fingerprint density at radius 3 is 2.54 bits per heavy atom. The first-order chi connectivity index (χ1) is 13.5. The van der Waals surface area contributed by atoms with Crippen LogP contribution in [0.1, 0.15) is 33.1 Å². The summed E-state index contributed by atoms with van der Waals surface area (Å²) in [6.07, 6.45) is 1.66. The number of fused-ring (bicyclic) bond motifs is 1. The maximum Gasteiger partial charge on any atom is 0.307 e. The number of furan rings is 1. The lowest BCUT2D eigenvalue weighted by Crippen LogP contribution is -2.16. The second kappa shape index (κ2) is 7.19. The minimum atomic E-state index is -0.375. The number of hydrogen-bond acceptors (Lipinski definition) is 3. The van der Waals surface area contributed by atoms with Crippen molar-refractivity contribution in [1.29, 1.82) is 0 Å². The Kier molecular flexibility index (Phi) is 4.57. The Morgan fingerprint density at radius 1 is 1.04 bits per heavy atom. The van der Waals surface area contributed by atoms with E-state index in [0.717, 1.165) is 28.0 Å². The molecule has 0 saturated carbocycles. The summed E-state index contributed by atoms with van der Waals surface area (Å²) in [5.74, 6) is -0.136. The molecule has 0 spiro atoms. The molecule has 0 aliphatic rings. The van der Waals surface area contributed by atoms with Gasteiger partial charge in [0, 0.05) is 28.0 Å². The van der Waals surface area contributed by atoms with Crippen LogP contribution in [0, 0.1) is 20.8 Å². The molecule has 4 aromatic rings. The van der Waals surface area contributed by atoms with Crippen LogP contribution < -0.4 is 5.43 Å². The minimum absolute atomic E-state index is 0.239. The number of hydrogen-bond donors (Lipinski definition) is 1. The Bertz CT molecular complexity index is 1150. The van der Waals surface area contributed by atoms with Crippen LogP contribution in [-0.2, 0) is 0 Å². The third kappa shape index (κ3) is 3.34. The lowest BCUT2D eigenvalue weighted by molar-refractivity contribution is 0.0929. The van der Waals surface area contributed by atoms with Crippen LogP contribution in [0.5, 0.6) is 0 Å². The van der Waals surface area contributed by atoms with Gasteiger partial charge in [0.2, 0.25) is 0 Å². The summed E-state index contributed by atoms with van der Waals surface area (Å²) in [6, 6.07) is 19.6. The van der Waals surface area contributed by atoms with Gasteiger partial charge in [0.15, 0.2) is 5.76 Å². The molecule has 2 heterocycles. The minimum Gasteiger partial charge on any atom is -0.451 e. The standard InChI is InChI=1S/C23H21N3O2/c1-15-8-10-20(11-9-15)26-16(2)12-19(17(26)3)14-24-25-23(27)22-13-18-6-4-5-7-21(18)28-22/h4-14H,1-3H3,(H,25,27)/b24-14-. The smallest absolute Gasteiger partial charge is 0.307 e. The highest BCUT2D eigenvalue weighted by molar-refractivity contribution is 5.96. The molecule has 0 saturated heterocycles. The van der Waals surface area contributed by atoms with Gasteiger partial charge in [-0.15, -0.1) is 0 Å². The largest absolute Gasteiger partial charge is 0.451 e. The molecular formula is C23H21N3O2. The number of hydrazone groups is 1. The van der Waals surface area contributed by atoms with Gasteiger partial charge in [-0.3, -0.25) is 4.79 Å². The molecule has 140 valence electrons. The summed E-state index contributed by atoms with van der Waals surface area (Å²) in [5, 5.41) is 5.00. The second-order valence-corrected chi connectivity index (χ2v) is 6.85. The fourth-order valence-corrected chi connectivity index (χ4v) is 3.32. The van der Waals surface area contributed by atoms with E-state index in [-0.39, 0.29) is 11.7 Å². The van der Waals surface area contributed by atoms with E-state index in [9.17, 15) is 4.79 Å². The molecule has 0 unspecified atom stereocenters. The SMILES string of the molecule is Cc1ccc(-n2c(C)cc(/C=N\NC(=O)c3cc4ccccc4o3)c2C)cc1. The lowest BCUT2D eigenvalue weighted by Gasteiger charge is -2.09. The van der Waals surface area contributed by atoms with Gasteiger partial charge < -0.3 is 8.98 Å². The van der Waals surface area contributed by atoms with Gasteiger partial charge in [0.25, 0.3) is 0 Å². The Labute approximate surface area is 163 Å². The summed E-state index contributed by atoms with van der Waals surface area (Å²) >= 11 is 0. The summed E-state index contributed by atoms with van der Waals surface area (Å²) in [7, 11) is 0. The molecule has 28 heavy (non-hydrogen) atoms. The van der Waals surface area contributed by atoms with E-state index in [1.807, 2.05) is 37.3 Å². The van der Waals surface area contributed by atoms with Crippen LogP contribution in [0.4, 0.5) is 0 Å². The zero-order valence-corrected chi connectivity index (χ0v) is 16.1. The van der Waals surface area contributed by atoms with Crippen molar-refractivity contribution in [2.75, 3.05) is 0 Å². The van der Waals surface area contributed by atoms with Crippen molar-refractivity contribution in [3.63, 3.8) is 0 Å². The first-order valence-electron chi connectivity index (χ1n) is 9.11. The molecule has 5 nitrogen and oxygen atoms in total. The third-order valence-corrected chi connectivity index (χ3v) is 4.78. The summed E-state index contributed by atoms with van der Waals surface area (Å²) in [4.78, 5) is 12.3. The molecule has 2 aromatic heterocycles. The second-order valence-electron chi connectivity index (χ2n) is 6.85. The van der Waals surface area contributed by atoms with Gasteiger partial charge in [-0.2, -0.15) is 5.10 Å². The zero-order valence-electron chi connectivity index (χ0n) is 16.1. The first-order valence-corrected chi connectivity index (χ1v) is 9.11. The van der Waals surface area contributed by atoms with Crippen LogP contribution >= 0.6 is 0 Å². The average molecular weight is 371 g/mol. The predicted octanol–water partition coefficient (Wildman–Crippen LogP) is 4.91. The van der Waals surface area contributed by atoms with Crippen LogP contribution in [0.15, 0.2) is 70.2 Å². The average Bonchev–Trinajstić information content (AvgIpc) is 3.24. The summed E-state index contributed by atoms with van der Waals surface area (Å²) in [5.41, 5.74) is 8.65. The van der Waals surface area contributed by atoms with Crippen LogP contribution in [0.3, 0.4) is 0 Å². The number of nitrogens with zero attached hydrogens (tertiary/aromatic N) is 2. The molecule has 0 fully saturated rings. The van der Waals surface area contributed by atoms with Gasteiger partial charge in [-0.1, -0.05) is 35.9 Å². The van der Waals surface area contributed by atoms with E-state index < -0.39 is 0 Å². The predicted molar refractivity (Wildman–Crippen MR) is 111 cm³/mol. The molecule has 1 N–H and O–H groups in total. The number of rotatable bonds is 4. The number of carbonyl (C=O) groups is 1. The quantitative estimate of drug-likeness (QED) is 0.409. The van der Waals surface area contributed by atoms with Gasteiger partial charge >= 0.3 is 5.91 Å². The topological polar surface area (TPSA) is 59.5 Å².